The molecule has 0 radical (unpaired) electrons. The summed E-state index contributed by atoms with van der Waals surface area (Å²) in [5, 5.41) is 4.53. The van der Waals surface area contributed by atoms with E-state index in [1.807, 2.05) is 66.7 Å². The first-order valence-electron chi connectivity index (χ1n) is 12.5. The third-order valence-corrected chi connectivity index (χ3v) is 7.03. The van der Waals surface area contributed by atoms with Crippen LogP contribution in [-0.2, 0) is 11.3 Å². The van der Waals surface area contributed by atoms with E-state index < -0.39 is 17.7 Å². The molecule has 2 aliphatic rings. The SMILES string of the molecule is O=C1c2c(OCc3ccccc3)c(=O)cnn2C(C(c2ccccc2)c2ccccc2)C2OCCCN12. The molecule has 3 heterocycles. The van der Waals surface area contributed by atoms with Crippen molar-refractivity contribution in [1.29, 1.82) is 0 Å². The van der Waals surface area contributed by atoms with Crippen LogP contribution in [0.15, 0.2) is 102 Å². The number of fused-ring (bicyclic) bond motifs is 2. The van der Waals surface area contributed by atoms with Crippen LogP contribution in [-0.4, -0.2) is 40.0 Å². The molecule has 37 heavy (non-hydrogen) atoms. The number of nitrogens with zero attached hydrogens (tertiary/aromatic N) is 3. The topological polar surface area (TPSA) is 73.7 Å². The highest BCUT2D eigenvalue weighted by molar-refractivity contribution is 5.96. The van der Waals surface area contributed by atoms with Gasteiger partial charge in [0.2, 0.25) is 5.43 Å². The Hall–Kier alpha value is -4.23. The van der Waals surface area contributed by atoms with E-state index in [-0.39, 0.29) is 29.9 Å². The van der Waals surface area contributed by atoms with Crippen molar-refractivity contribution in [2.24, 2.45) is 0 Å². The second-order valence-electron chi connectivity index (χ2n) is 9.31. The minimum Gasteiger partial charge on any atom is -0.482 e. The predicted octanol–water partition coefficient (Wildman–Crippen LogP) is 4.40. The van der Waals surface area contributed by atoms with Crippen LogP contribution < -0.4 is 10.2 Å². The van der Waals surface area contributed by atoms with Crippen LogP contribution in [0.1, 0.15) is 45.6 Å². The zero-order chi connectivity index (χ0) is 25.2. The molecule has 0 aliphatic carbocycles. The van der Waals surface area contributed by atoms with Crippen LogP contribution in [0.5, 0.6) is 5.75 Å². The summed E-state index contributed by atoms with van der Waals surface area (Å²) in [5.41, 5.74) is 2.80. The lowest BCUT2D eigenvalue weighted by Crippen LogP contribution is -2.57. The van der Waals surface area contributed by atoms with Crippen LogP contribution in [0, 0.1) is 0 Å². The Labute approximate surface area is 214 Å². The summed E-state index contributed by atoms with van der Waals surface area (Å²) in [6.07, 6.45) is 1.44. The molecule has 0 N–H and O–H groups in total. The highest BCUT2D eigenvalue weighted by Gasteiger charge is 2.48. The van der Waals surface area contributed by atoms with Crippen LogP contribution >= 0.6 is 0 Å². The van der Waals surface area contributed by atoms with Gasteiger partial charge in [-0.05, 0) is 23.1 Å². The molecule has 2 atom stereocenters. The van der Waals surface area contributed by atoms with Crippen molar-refractivity contribution in [3.8, 4) is 5.75 Å². The second kappa shape index (κ2) is 10.0. The zero-order valence-corrected chi connectivity index (χ0v) is 20.3. The van der Waals surface area contributed by atoms with Crippen molar-refractivity contribution in [2.75, 3.05) is 13.2 Å². The summed E-state index contributed by atoms with van der Waals surface area (Å²) in [6, 6.07) is 29.5. The second-order valence-corrected chi connectivity index (χ2v) is 9.31. The van der Waals surface area contributed by atoms with Crippen molar-refractivity contribution < 1.29 is 14.3 Å². The summed E-state index contributed by atoms with van der Waals surface area (Å²) in [6.45, 7) is 1.26. The molecule has 3 aromatic carbocycles. The van der Waals surface area contributed by atoms with Gasteiger partial charge in [-0.2, -0.15) is 5.10 Å². The van der Waals surface area contributed by atoms with Gasteiger partial charge in [-0.1, -0.05) is 91.0 Å². The Bertz CT molecular complexity index is 1400. The third-order valence-electron chi connectivity index (χ3n) is 7.03. The lowest BCUT2D eigenvalue weighted by Gasteiger charge is -2.47. The van der Waals surface area contributed by atoms with E-state index in [1.165, 1.54) is 6.20 Å². The molecule has 0 bridgehead atoms. The number of hydrogen-bond donors (Lipinski definition) is 0. The third kappa shape index (κ3) is 4.32. The van der Waals surface area contributed by atoms with Crippen LogP contribution in [0.25, 0.3) is 0 Å². The van der Waals surface area contributed by atoms with Crippen LogP contribution in [0.2, 0.25) is 0 Å². The Morgan fingerprint density at radius 3 is 2.16 bits per heavy atom. The zero-order valence-electron chi connectivity index (χ0n) is 20.3. The number of hydrogen-bond acceptors (Lipinski definition) is 5. The Morgan fingerprint density at radius 2 is 1.51 bits per heavy atom. The minimum absolute atomic E-state index is 0.0257. The summed E-state index contributed by atoms with van der Waals surface area (Å²) >= 11 is 0. The summed E-state index contributed by atoms with van der Waals surface area (Å²) < 4.78 is 14.0. The highest BCUT2D eigenvalue weighted by Crippen LogP contribution is 2.44. The summed E-state index contributed by atoms with van der Waals surface area (Å²) in [7, 11) is 0. The average Bonchev–Trinajstić information content (AvgIpc) is 2.96. The van der Waals surface area contributed by atoms with Gasteiger partial charge in [-0.15, -0.1) is 0 Å². The molecular weight excluding hydrogens is 466 g/mol. The van der Waals surface area contributed by atoms with Gasteiger partial charge in [0.1, 0.15) is 12.6 Å². The Morgan fingerprint density at radius 1 is 0.892 bits per heavy atom. The van der Waals surface area contributed by atoms with Gasteiger partial charge in [-0.25, -0.2) is 4.68 Å². The van der Waals surface area contributed by atoms with Crippen molar-refractivity contribution in [2.45, 2.75) is 31.2 Å². The molecule has 2 aliphatic heterocycles. The van der Waals surface area contributed by atoms with E-state index in [9.17, 15) is 9.59 Å². The van der Waals surface area contributed by atoms with E-state index in [1.54, 1.807) is 9.58 Å². The molecule has 1 saturated heterocycles. The lowest BCUT2D eigenvalue weighted by molar-refractivity contribution is -0.117. The summed E-state index contributed by atoms with van der Waals surface area (Å²) in [5.74, 6) is -0.455. The van der Waals surface area contributed by atoms with Gasteiger partial charge in [0.15, 0.2) is 17.7 Å². The van der Waals surface area contributed by atoms with E-state index in [0.29, 0.717) is 13.2 Å². The van der Waals surface area contributed by atoms with E-state index in [4.69, 9.17) is 9.47 Å². The van der Waals surface area contributed by atoms with Gasteiger partial charge in [0.05, 0.1) is 12.8 Å². The number of rotatable bonds is 6. The van der Waals surface area contributed by atoms with Crippen molar-refractivity contribution in [3.05, 3.63) is 130 Å². The number of carbonyl (C=O) groups is 1. The molecule has 0 saturated carbocycles. The van der Waals surface area contributed by atoms with Gasteiger partial charge in [-0.3, -0.25) is 9.59 Å². The smallest absolute Gasteiger partial charge is 0.278 e. The summed E-state index contributed by atoms with van der Waals surface area (Å²) in [4.78, 5) is 28.6. The number of ether oxygens (including phenoxy) is 2. The maximum Gasteiger partial charge on any atom is 0.278 e. The fraction of sp³-hybridized carbons (Fsp3) is 0.233. The molecular formula is C30H27N3O4. The van der Waals surface area contributed by atoms with Gasteiger partial charge >= 0.3 is 0 Å². The molecule has 7 nitrogen and oxygen atoms in total. The maximum absolute atomic E-state index is 13.8. The number of amides is 1. The van der Waals surface area contributed by atoms with Crippen molar-refractivity contribution in [1.82, 2.24) is 14.7 Å². The van der Waals surface area contributed by atoms with Crippen LogP contribution in [0.3, 0.4) is 0 Å². The number of benzene rings is 3. The quantitative estimate of drug-likeness (QED) is 0.398. The number of aromatic nitrogens is 2. The fourth-order valence-electron chi connectivity index (χ4n) is 5.37. The first-order chi connectivity index (χ1) is 18.2. The molecule has 1 aromatic heterocycles. The minimum atomic E-state index is -0.531. The monoisotopic (exact) mass is 493 g/mol. The lowest BCUT2D eigenvalue weighted by atomic mass is 9.82. The molecule has 6 rings (SSSR count). The maximum atomic E-state index is 13.8. The van der Waals surface area contributed by atoms with Crippen molar-refractivity contribution in [3.63, 3.8) is 0 Å². The fourth-order valence-corrected chi connectivity index (χ4v) is 5.37. The van der Waals surface area contributed by atoms with E-state index >= 15 is 0 Å². The Kier molecular flexibility index (Phi) is 6.28. The first kappa shape index (κ1) is 23.2. The standard InChI is InChI=1S/C30H27N3O4/c34-24-19-31-33-26(25(22-13-6-2-7-14-22)23-15-8-3-9-16-23)30-32(17-10-18-36-30)29(35)27(33)28(24)37-20-21-11-4-1-5-12-21/h1-9,11-16,19,25-26,30H,10,17-18,20H2. The van der Waals surface area contributed by atoms with E-state index in [2.05, 4.69) is 29.4 Å². The molecule has 7 heteroatoms. The van der Waals surface area contributed by atoms with Gasteiger partial charge < -0.3 is 14.4 Å². The Balaban J connectivity index is 1.53. The molecule has 1 fully saturated rings. The molecule has 0 spiro atoms. The largest absolute Gasteiger partial charge is 0.482 e. The van der Waals surface area contributed by atoms with Crippen LogP contribution in [0.4, 0.5) is 0 Å². The van der Waals surface area contributed by atoms with Crippen molar-refractivity contribution >= 4 is 5.91 Å². The first-order valence-corrected chi connectivity index (χ1v) is 12.5. The number of carbonyl (C=O) groups excluding carboxylic acids is 1. The highest BCUT2D eigenvalue weighted by atomic mass is 16.5. The van der Waals surface area contributed by atoms with Gasteiger partial charge in [0.25, 0.3) is 5.91 Å². The molecule has 186 valence electrons. The van der Waals surface area contributed by atoms with E-state index in [0.717, 1.165) is 23.1 Å². The molecule has 1 amide bonds. The molecule has 2 unspecified atom stereocenters. The van der Waals surface area contributed by atoms with Gasteiger partial charge in [0, 0.05) is 12.5 Å². The average molecular weight is 494 g/mol. The molecule has 4 aromatic rings. The normalized spacial score (nSPS) is 18.8. The predicted molar refractivity (Wildman–Crippen MR) is 138 cm³/mol.